The Morgan fingerprint density at radius 2 is 1.90 bits per heavy atom. The number of fused-ring (bicyclic) bond motifs is 1. The van der Waals surface area contributed by atoms with E-state index in [-0.39, 0.29) is 17.3 Å². The van der Waals surface area contributed by atoms with Crippen LogP contribution in [-0.2, 0) is 4.79 Å². The lowest BCUT2D eigenvalue weighted by Crippen LogP contribution is -2.32. The number of furan rings is 1. The first-order valence-corrected chi connectivity index (χ1v) is 8.84. The van der Waals surface area contributed by atoms with Crippen LogP contribution in [0.2, 0.25) is 0 Å². The number of Topliss-reactive ketones (excluding diaryl/α,β-unsaturated/α-hetero) is 1. The van der Waals surface area contributed by atoms with Gasteiger partial charge in [-0.25, -0.2) is 4.98 Å². The SMILES string of the molecule is O=C(C1=C(O)C(=O)N(c2nc3ccccc3[nH]2)C1c1ccncc1)c1ccco1. The van der Waals surface area contributed by atoms with Crippen molar-refractivity contribution >= 4 is 28.7 Å². The van der Waals surface area contributed by atoms with Crippen LogP contribution in [0.3, 0.4) is 0 Å². The molecule has 0 radical (unpaired) electrons. The Kier molecular flexibility index (Phi) is 3.77. The minimum atomic E-state index is -0.885. The lowest BCUT2D eigenvalue weighted by atomic mass is 9.96. The Morgan fingerprint density at radius 3 is 2.62 bits per heavy atom. The molecule has 1 aromatic carbocycles. The molecular formula is C21H14N4O4. The summed E-state index contributed by atoms with van der Waals surface area (Å²) in [5, 5.41) is 10.6. The minimum Gasteiger partial charge on any atom is -0.503 e. The Balaban J connectivity index is 1.69. The van der Waals surface area contributed by atoms with E-state index in [0.717, 1.165) is 5.52 Å². The van der Waals surface area contributed by atoms with Crippen LogP contribution in [0.5, 0.6) is 0 Å². The van der Waals surface area contributed by atoms with E-state index >= 15 is 0 Å². The summed E-state index contributed by atoms with van der Waals surface area (Å²) in [4.78, 5) is 38.9. The highest BCUT2D eigenvalue weighted by molar-refractivity contribution is 6.19. The molecule has 2 N–H and O–H groups in total. The smallest absolute Gasteiger partial charge is 0.296 e. The monoisotopic (exact) mass is 386 g/mol. The molecule has 8 heteroatoms. The molecule has 8 nitrogen and oxygen atoms in total. The van der Waals surface area contributed by atoms with Crippen LogP contribution < -0.4 is 4.90 Å². The molecule has 0 saturated carbocycles. The van der Waals surface area contributed by atoms with Crippen LogP contribution in [0.4, 0.5) is 5.95 Å². The number of hydrogen-bond donors (Lipinski definition) is 2. The molecule has 0 fully saturated rings. The maximum absolute atomic E-state index is 13.1. The third-order valence-electron chi connectivity index (χ3n) is 4.82. The van der Waals surface area contributed by atoms with Gasteiger partial charge >= 0.3 is 0 Å². The number of amides is 1. The number of ketones is 1. The molecule has 0 spiro atoms. The zero-order valence-electron chi connectivity index (χ0n) is 14.9. The van der Waals surface area contributed by atoms with Crippen molar-refractivity contribution < 1.29 is 19.1 Å². The van der Waals surface area contributed by atoms with Crippen molar-refractivity contribution in [3.05, 3.63) is 89.8 Å². The lowest BCUT2D eigenvalue weighted by Gasteiger charge is -2.24. The van der Waals surface area contributed by atoms with Gasteiger partial charge in [0.25, 0.3) is 5.91 Å². The Bertz CT molecular complexity index is 1230. The number of nitrogens with zero attached hydrogens (tertiary/aromatic N) is 3. The van der Waals surface area contributed by atoms with E-state index in [2.05, 4.69) is 15.0 Å². The summed E-state index contributed by atoms with van der Waals surface area (Å²) in [5.41, 5.74) is 1.92. The summed E-state index contributed by atoms with van der Waals surface area (Å²) < 4.78 is 5.20. The van der Waals surface area contributed by atoms with Crippen LogP contribution in [0.25, 0.3) is 11.0 Å². The summed E-state index contributed by atoms with van der Waals surface area (Å²) in [6.45, 7) is 0. The summed E-state index contributed by atoms with van der Waals surface area (Å²) in [6, 6.07) is 12.8. The maximum atomic E-state index is 13.1. The highest BCUT2D eigenvalue weighted by Gasteiger charge is 2.46. The largest absolute Gasteiger partial charge is 0.503 e. The quantitative estimate of drug-likeness (QED) is 0.520. The van der Waals surface area contributed by atoms with E-state index < -0.39 is 23.5 Å². The van der Waals surface area contributed by atoms with Crippen molar-refractivity contribution in [2.75, 3.05) is 4.90 Å². The van der Waals surface area contributed by atoms with Gasteiger partial charge in [0.15, 0.2) is 11.5 Å². The molecule has 4 aromatic rings. The van der Waals surface area contributed by atoms with Gasteiger partial charge in [-0.3, -0.25) is 19.5 Å². The van der Waals surface area contributed by atoms with Gasteiger partial charge in [0.2, 0.25) is 11.7 Å². The summed E-state index contributed by atoms with van der Waals surface area (Å²) in [7, 11) is 0. The molecular weight excluding hydrogens is 372 g/mol. The Labute approximate surface area is 164 Å². The van der Waals surface area contributed by atoms with Crippen molar-refractivity contribution in [2.24, 2.45) is 0 Å². The van der Waals surface area contributed by atoms with Gasteiger partial charge in [-0.15, -0.1) is 0 Å². The molecule has 1 unspecified atom stereocenters. The van der Waals surface area contributed by atoms with Crippen LogP contribution in [0.15, 0.2) is 82.9 Å². The first-order chi connectivity index (χ1) is 14.1. The number of aliphatic hydroxyl groups is 1. The predicted octanol–water partition coefficient (Wildman–Crippen LogP) is 3.33. The molecule has 4 heterocycles. The van der Waals surface area contributed by atoms with Crippen molar-refractivity contribution in [2.45, 2.75) is 6.04 Å². The number of benzene rings is 1. The molecule has 0 aliphatic carbocycles. The second-order valence-electron chi connectivity index (χ2n) is 6.50. The summed E-state index contributed by atoms with van der Waals surface area (Å²) in [5.74, 6) is -1.66. The third-order valence-corrected chi connectivity index (χ3v) is 4.82. The number of aromatic nitrogens is 3. The molecule has 5 rings (SSSR count). The zero-order valence-corrected chi connectivity index (χ0v) is 14.9. The summed E-state index contributed by atoms with van der Waals surface area (Å²) >= 11 is 0. The number of anilines is 1. The number of hydrogen-bond acceptors (Lipinski definition) is 6. The van der Waals surface area contributed by atoms with Gasteiger partial charge in [-0.1, -0.05) is 12.1 Å². The second-order valence-corrected chi connectivity index (χ2v) is 6.50. The van der Waals surface area contributed by atoms with Gasteiger partial charge in [-0.2, -0.15) is 0 Å². The van der Waals surface area contributed by atoms with E-state index in [9.17, 15) is 14.7 Å². The van der Waals surface area contributed by atoms with E-state index in [1.807, 2.05) is 18.2 Å². The van der Waals surface area contributed by atoms with Gasteiger partial charge in [0, 0.05) is 12.4 Å². The topological polar surface area (TPSA) is 112 Å². The number of nitrogens with one attached hydrogen (secondary N) is 1. The van der Waals surface area contributed by atoms with E-state index in [1.165, 1.54) is 17.2 Å². The molecule has 0 bridgehead atoms. The first kappa shape index (κ1) is 16.9. The van der Waals surface area contributed by atoms with E-state index in [0.29, 0.717) is 11.1 Å². The highest BCUT2D eigenvalue weighted by atomic mass is 16.3. The average Bonchev–Trinajstić information content (AvgIpc) is 3.47. The van der Waals surface area contributed by atoms with Crippen LogP contribution in [0, 0.1) is 0 Å². The number of imidazole rings is 1. The van der Waals surface area contributed by atoms with Crippen molar-refractivity contribution in [3.63, 3.8) is 0 Å². The van der Waals surface area contributed by atoms with Gasteiger partial charge in [-0.05, 0) is 42.0 Å². The van der Waals surface area contributed by atoms with Gasteiger partial charge in [0.05, 0.1) is 28.9 Å². The molecule has 1 aliphatic heterocycles. The van der Waals surface area contributed by atoms with Crippen LogP contribution >= 0.6 is 0 Å². The molecule has 142 valence electrons. The fraction of sp³-hybridized carbons (Fsp3) is 0.0476. The van der Waals surface area contributed by atoms with Crippen LogP contribution in [0.1, 0.15) is 22.2 Å². The molecule has 1 aliphatic rings. The molecule has 0 saturated heterocycles. The highest BCUT2D eigenvalue weighted by Crippen LogP contribution is 2.41. The normalized spacial score (nSPS) is 16.8. The summed E-state index contributed by atoms with van der Waals surface area (Å²) in [6.07, 6.45) is 4.47. The number of aliphatic hydroxyl groups excluding tert-OH is 1. The molecule has 29 heavy (non-hydrogen) atoms. The zero-order chi connectivity index (χ0) is 20.0. The Morgan fingerprint density at radius 1 is 1.10 bits per heavy atom. The van der Waals surface area contributed by atoms with Crippen molar-refractivity contribution in [1.82, 2.24) is 15.0 Å². The number of para-hydroxylation sites is 2. The lowest BCUT2D eigenvalue weighted by molar-refractivity contribution is -0.117. The number of aromatic amines is 1. The molecule has 3 aromatic heterocycles. The van der Waals surface area contributed by atoms with E-state index in [4.69, 9.17) is 4.42 Å². The Hall–Kier alpha value is -4.20. The number of rotatable bonds is 4. The number of pyridine rings is 1. The number of H-pyrrole nitrogens is 1. The maximum Gasteiger partial charge on any atom is 0.296 e. The second kappa shape index (κ2) is 6.45. The fourth-order valence-electron chi connectivity index (χ4n) is 3.51. The fourth-order valence-corrected chi connectivity index (χ4v) is 3.51. The third kappa shape index (κ3) is 2.61. The van der Waals surface area contributed by atoms with Gasteiger partial charge < -0.3 is 14.5 Å². The first-order valence-electron chi connectivity index (χ1n) is 8.84. The van der Waals surface area contributed by atoms with Crippen LogP contribution in [-0.4, -0.2) is 31.7 Å². The standard InChI is InChI=1S/C21H14N4O4/c26-18(15-6-3-11-29-15)16-17(12-7-9-22-10-8-12)25(20(28)19(16)27)21-23-13-4-1-2-5-14(13)24-21/h1-11,17,27H,(H,23,24). The number of carbonyl (C=O) groups excluding carboxylic acids is 2. The van der Waals surface area contributed by atoms with Gasteiger partial charge in [0.1, 0.15) is 0 Å². The molecule has 1 atom stereocenters. The van der Waals surface area contributed by atoms with E-state index in [1.54, 1.807) is 36.7 Å². The predicted molar refractivity (Wildman–Crippen MR) is 103 cm³/mol. The molecule has 1 amide bonds. The van der Waals surface area contributed by atoms with Crippen molar-refractivity contribution in [3.8, 4) is 0 Å². The minimum absolute atomic E-state index is 0.0323. The van der Waals surface area contributed by atoms with Crippen molar-refractivity contribution in [1.29, 1.82) is 0 Å². The average molecular weight is 386 g/mol. The number of carbonyl (C=O) groups is 2.